The second-order valence-electron chi connectivity index (χ2n) is 4.08. The summed E-state index contributed by atoms with van der Waals surface area (Å²) in [5, 5.41) is 0. The molecule has 2 rings (SSSR count). The smallest absolute Gasteiger partial charge is 0.139 e. The van der Waals surface area contributed by atoms with Crippen LogP contribution in [0.3, 0.4) is 0 Å². The van der Waals surface area contributed by atoms with Crippen molar-refractivity contribution in [3.05, 3.63) is 35.9 Å². The molecule has 0 N–H and O–H groups in total. The molecule has 1 fully saturated rings. The van der Waals surface area contributed by atoms with Gasteiger partial charge >= 0.3 is 0 Å². The Morgan fingerprint density at radius 1 is 1.40 bits per heavy atom. The van der Waals surface area contributed by atoms with Crippen molar-refractivity contribution in [2.24, 2.45) is 13.0 Å². The molecule has 0 bridgehead atoms. The average Bonchev–Trinajstić information content (AvgIpc) is 2.99. The van der Waals surface area contributed by atoms with E-state index in [4.69, 9.17) is 0 Å². The summed E-state index contributed by atoms with van der Waals surface area (Å²) in [6.07, 6.45) is 10.9. The van der Waals surface area contributed by atoms with Gasteiger partial charge in [-0.05, 0) is 38.2 Å². The third-order valence-electron chi connectivity index (χ3n) is 2.99. The van der Waals surface area contributed by atoms with E-state index < -0.39 is 0 Å². The minimum atomic E-state index is 0.776. The Bertz CT molecular complexity index is 406. The SMILES string of the molecule is CC=C(C(=CC)C1CC1)c1nccn1C. The number of imidazole rings is 1. The van der Waals surface area contributed by atoms with Crippen molar-refractivity contribution >= 4 is 5.57 Å². The lowest BCUT2D eigenvalue weighted by molar-refractivity contribution is 0.883. The van der Waals surface area contributed by atoms with Crippen molar-refractivity contribution in [1.29, 1.82) is 0 Å². The predicted octanol–water partition coefficient (Wildman–Crippen LogP) is 3.18. The minimum absolute atomic E-state index is 0.776. The highest BCUT2D eigenvalue weighted by molar-refractivity contribution is 5.76. The van der Waals surface area contributed by atoms with Gasteiger partial charge in [0, 0.05) is 25.0 Å². The van der Waals surface area contributed by atoms with Crippen LogP contribution in [0.5, 0.6) is 0 Å². The van der Waals surface area contributed by atoms with Crippen LogP contribution < -0.4 is 0 Å². The van der Waals surface area contributed by atoms with Gasteiger partial charge in [0.1, 0.15) is 5.82 Å². The van der Waals surface area contributed by atoms with Gasteiger partial charge in [-0.3, -0.25) is 0 Å². The predicted molar refractivity (Wildman–Crippen MR) is 63.3 cm³/mol. The Labute approximate surface area is 91.3 Å². The molecule has 0 saturated heterocycles. The molecule has 2 nitrogen and oxygen atoms in total. The fourth-order valence-electron chi connectivity index (χ4n) is 2.06. The number of nitrogens with zero attached hydrogens (tertiary/aromatic N) is 2. The maximum absolute atomic E-state index is 4.42. The van der Waals surface area contributed by atoms with Crippen molar-refractivity contribution in [3.8, 4) is 0 Å². The molecule has 2 heteroatoms. The van der Waals surface area contributed by atoms with E-state index in [0.717, 1.165) is 11.7 Å². The first-order valence-corrected chi connectivity index (χ1v) is 5.58. The summed E-state index contributed by atoms with van der Waals surface area (Å²) in [5.41, 5.74) is 2.76. The van der Waals surface area contributed by atoms with Gasteiger partial charge in [0.05, 0.1) is 0 Å². The van der Waals surface area contributed by atoms with Gasteiger partial charge in [0.25, 0.3) is 0 Å². The van der Waals surface area contributed by atoms with E-state index in [-0.39, 0.29) is 0 Å². The fraction of sp³-hybridized carbons (Fsp3) is 0.462. The highest BCUT2D eigenvalue weighted by Gasteiger charge is 2.28. The Kier molecular flexibility index (Phi) is 2.76. The number of allylic oxidation sites excluding steroid dienone is 4. The van der Waals surface area contributed by atoms with Crippen LogP contribution in [-0.2, 0) is 7.05 Å². The molecule has 0 aromatic carbocycles. The molecule has 1 aliphatic rings. The van der Waals surface area contributed by atoms with Crippen molar-refractivity contribution in [2.45, 2.75) is 26.7 Å². The molecule has 80 valence electrons. The maximum atomic E-state index is 4.42. The largest absolute Gasteiger partial charge is 0.334 e. The summed E-state index contributed by atoms with van der Waals surface area (Å²) >= 11 is 0. The second kappa shape index (κ2) is 4.05. The topological polar surface area (TPSA) is 17.8 Å². The molecular formula is C13H18N2. The first kappa shape index (κ1) is 10.2. The number of hydrogen-bond donors (Lipinski definition) is 0. The standard InChI is InChI=1S/C13H18N2/c1-4-11(10-6-7-10)12(5-2)13-14-8-9-15(13)3/h4-5,8-10H,6-7H2,1-3H3. The van der Waals surface area contributed by atoms with Gasteiger partial charge in [-0.25, -0.2) is 4.98 Å². The number of aryl methyl sites for hydroxylation is 1. The molecule has 1 heterocycles. The van der Waals surface area contributed by atoms with E-state index in [9.17, 15) is 0 Å². The van der Waals surface area contributed by atoms with Crippen LogP contribution in [0.4, 0.5) is 0 Å². The van der Waals surface area contributed by atoms with E-state index in [1.54, 1.807) is 0 Å². The van der Waals surface area contributed by atoms with Crippen LogP contribution >= 0.6 is 0 Å². The lowest BCUT2D eigenvalue weighted by Gasteiger charge is -2.10. The number of aromatic nitrogens is 2. The van der Waals surface area contributed by atoms with Crippen LogP contribution in [0.25, 0.3) is 5.57 Å². The van der Waals surface area contributed by atoms with E-state index in [1.807, 2.05) is 19.4 Å². The van der Waals surface area contributed by atoms with Gasteiger partial charge in [-0.15, -0.1) is 0 Å². The summed E-state index contributed by atoms with van der Waals surface area (Å²) in [6, 6.07) is 0. The van der Waals surface area contributed by atoms with Crippen LogP contribution in [0, 0.1) is 5.92 Å². The zero-order valence-corrected chi connectivity index (χ0v) is 9.70. The van der Waals surface area contributed by atoms with E-state index in [0.29, 0.717) is 0 Å². The van der Waals surface area contributed by atoms with Crippen LogP contribution in [-0.4, -0.2) is 9.55 Å². The van der Waals surface area contributed by atoms with E-state index in [2.05, 4.69) is 35.6 Å². The second-order valence-corrected chi connectivity index (χ2v) is 4.08. The van der Waals surface area contributed by atoms with Crippen molar-refractivity contribution in [3.63, 3.8) is 0 Å². The van der Waals surface area contributed by atoms with Gasteiger partial charge < -0.3 is 4.57 Å². The summed E-state index contributed by atoms with van der Waals surface area (Å²) in [5.74, 6) is 1.86. The Morgan fingerprint density at radius 2 is 2.13 bits per heavy atom. The first-order chi connectivity index (χ1) is 7.27. The molecule has 0 radical (unpaired) electrons. The lowest BCUT2D eigenvalue weighted by atomic mass is 10.0. The summed E-state index contributed by atoms with van der Waals surface area (Å²) in [7, 11) is 2.05. The fourth-order valence-corrected chi connectivity index (χ4v) is 2.06. The molecule has 1 aromatic heterocycles. The zero-order valence-electron chi connectivity index (χ0n) is 9.70. The molecule has 0 unspecified atom stereocenters. The van der Waals surface area contributed by atoms with E-state index >= 15 is 0 Å². The molecule has 1 aromatic rings. The first-order valence-electron chi connectivity index (χ1n) is 5.58. The highest BCUT2D eigenvalue weighted by Crippen LogP contribution is 2.42. The summed E-state index contributed by atoms with van der Waals surface area (Å²) in [4.78, 5) is 4.42. The number of rotatable bonds is 3. The molecule has 0 spiro atoms. The molecule has 0 amide bonds. The van der Waals surface area contributed by atoms with Gasteiger partial charge in [-0.1, -0.05) is 12.2 Å². The summed E-state index contributed by atoms with van der Waals surface area (Å²) in [6.45, 7) is 4.22. The van der Waals surface area contributed by atoms with Gasteiger partial charge in [-0.2, -0.15) is 0 Å². The molecule has 0 atom stereocenters. The summed E-state index contributed by atoms with van der Waals surface area (Å²) < 4.78 is 2.08. The molecule has 0 aliphatic heterocycles. The maximum Gasteiger partial charge on any atom is 0.139 e. The lowest BCUT2D eigenvalue weighted by Crippen LogP contribution is -2.00. The molecule has 15 heavy (non-hydrogen) atoms. The van der Waals surface area contributed by atoms with Gasteiger partial charge in [0.2, 0.25) is 0 Å². The van der Waals surface area contributed by atoms with E-state index in [1.165, 1.54) is 24.0 Å². The monoisotopic (exact) mass is 202 g/mol. The Hall–Kier alpha value is -1.31. The Balaban J connectivity index is 2.36. The zero-order chi connectivity index (χ0) is 10.8. The quantitative estimate of drug-likeness (QED) is 0.688. The molecule has 1 aliphatic carbocycles. The highest BCUT2D eigenvalue weighted by atomic mass is 15.0. The van der Waals surface area contributed by atoms with Crippen molar-refractivity contribution in [2.75, 3.05) is 0 Å². The normalized spacial score (nSPS) is 18.3. The van der Waals surface area contributed by atoms with Crippen molar-refractivity contribution in [1.82, 2.24) is 9.55 Å². The minimum Gasteiger partial charge on any atom is -0.334 e. The number of hydrogen-bond acceptors (Lipinski definition) is 1. The van der Waals surface area contributed by atoms with Gasteiger partial charge in [0.15, 0.2) is 0 Å². The van der Waals surface area contributed by atoms with Crippen LogP contribution in [0.2, 0.25) is 0 Å². The third kappa shape index (κ3) is 1.89. The Morgan fingerprint density at radius 3 is 2.53 bits per heavy atom. The average molecular weight is 202 g/mol. The molecule has 1 saturated carbocycles. The van der Waals surface area contributed by atoms with Crippen LogP contribution in [0.15, 0.2) is 30.1 Å². The molecular weight excluding hydrogens is 184 g/mol. The van der Waals surface area contributed by atoms with Crippen LogP contribution in [0.1, 0.15) is 32.5 Å². The van der Waals surface area contributed by atoms with Crippen molar-refractivity contribution < 1.29 is 0 Å². The third-order valence-corrected chi connectivity index (χ3v) is 2.99.